The van der Waals surface area contributed by atoms with Gasteiger partial charge in [0.1, 0.15) is 0 Å². The van der Waals surface area contributed by atoms with Crippen LogP contribution in [-0.4, -0.2) is 41.4 Å². The summed E-state index contributed by atoms with van der Waals surface area (Å²) in [6.07, 6.45) is 5.24. The molecule has 1 aliphatic heterocycles. The van der Waals surface area contributed by atoms with Gasteiger partial charge in [-0.15, -0.1) is 0 Å². The normalized spacial score (nSPS) is 18.3. The number of hydrogen-bond acceptors (Lipinski definition) is 4. The van der Waals surface area contributed by atoms with Crippen molar-refractivity contribution in [2.24, 2.45) is 11.8 Å². The average molecular weight is 331 g/mol. The predicted molar refractivity (Wildman–Crippen MR) is 89.3 cm³/mol. The Labute approximate surface area is 142 Å². The monoisotopic (exact) mass is 331 g/mol. The Morgan fingerprint density at radius 2 is 2.00 bits per heavy atom. The number of ether oxygens (including phenoxy) is 1. The van der Waals surface area contributed by atoms with Crippen LogP contribution in [0.25, 0.3) is 0 Å². The van der Waals surface area contributed by atoms with E-state index in [4.69, 9.17) is 4.74 Å². The standard InChI is InChI=1S/C18H25N3O3/c1-2-24-17-15(4-3-9-19-17)12-20-16(22)13-7-10-21(11-8-13)18(23)14-5-6-14/h3-4,9,13-14H,2,5-8,10-12H2,1H3,(H,20,22). The van der Waals surface area contributed by atoms with Crippen molar-refractivity contribution < 1.29 is 14.3 Å². The lowest BCUT2D eigenvalue weighted by molar-refractivity contribution is -0.136. The first-order valence-corrected chi connectivity index (χ1v) is 8.82. The third-order valence-corrected chi connectivity index (χ3v) is 4.69. The molecule has 0 aromatic carbocycles. The Kier molecular flexibility index (Phi) is 5.33. The van der Waals surface area contributed by atoms with E-state index < -0.39 is 0 Å². The van der Waals surface area contributed by atoms with Gasteiger partial charge in [-0.1, -0.05) is 6.07 Å². The zero-order valence-corrected chi connectivity index (χ0v) is 14.2. The number of likely N-dealkylation sites (tertiary alicyclic amines) is 1. The van der Waals surface area contributed by atoms with E-state index in [2.05, 4.69) is 10.3 Å². The number of nitrogens with zero attached hydrogens (tertiary/aromatic N) is 2. The molecule has 6 nitrogen and oxygen atoms in total. The molecule has 1 aromatic heterocycles. The Morgan fingerprint density at radius 3 is 2.67 bits per heavy atom. The SMILES string of the molecule is CCOc1ncccc1CNC(=O)C1CCN(C(=O)C2CC2)CC1. The number of pyridine rings is 1. The molecule has 6 heteroatoms. The summed E-state index contributed by atoms with van der Waals surface area (Å²) in [4.78, 5) is 30.6. The highest BCUT2D eigenvalue weighted by molar-refractivity contribution is 5.82. The Hall–Kier alpha value is -2.11. The summed E-state index contributed by atoms with van der Waals surface area (Å²) in [5.41, 5.74) is 0.883. The van der Waals surface area contributed by atoms with Crippen LogP contribution in [0.3, 0.4) is 0 Å². The molecule has 0 atom stereocenters. The molecule has 1 saturated carbocycles. The molecular formula is C18H25N3O3. The van der Waals surface area contributed by atoms with Crippen molar-refractivity contribution in [2.45, 2.75) is 39.2 Å². The van der Waals surface area contributed by atoms with Crippen LogP contribution >= 0.6 is 0 Å². The summed E-state index contributed by atoms with van der Waals surface area (Å²) in [7, 11) is 0. The fourth-order valence-corrected chi connectivity index (χ4v) is 3.10. The summed E-state index contributed by atoms with van der Waals surface area (Å²) in [6.45, 7) is 4.28. The largest absolute Gasteiger partial charge is 0.478 e. The van der Waals surface area contributed by atoms with Crippen LogP contribution in [0.1, 0.15) is 38.2 Å². The number of nitrogens with one attached hydrogen (secondary N) is 1. The van der Waals surface area contributed by atoms with Gasteiger partial charge in [0.15, 0.2) is 0 Å². The molecule has 1 aromatic rings. The smallest absolute Gasteiger partial charge is 0.225 e. The van der Waals surface area contributed by atoms with Crippen molar-refractivity contribution in [2.75, 3.05) is 19.7 Å². The molecule has 0 unspecified atom stereocenters. The molecule has 1 saturated heterocycles. The molecule has 3 rings (SSSR count). The van der Waals surface area contributed by atoms with E-state index in [1.54, 1.807) is 6.20 Å². The van der Waals surface area contributed by atoms with Crippen LogP contribution in [-0.2, 0) is 16.1 Å². The maximum atomic E-state index is 12.4. The van der Waals surface area contributed by atoms with Gasteiger partial charge in [0.25, 0.3) is 0 Å². The van der Waals surface area contributed by atoms with Gasteiger partial charge in [-0.05, 0) is 38.7 Å². The molecule has 130 valence electrons. The van der Waals surface area contributed by atoms with E-state index in [1.165, 1.54) is 0 Å². The van der Waals surface area contributed by atoms with Gasteiger partial charge in [0, 0.05) is 43.2 Å². The summed E-state index contributed by atoms with van der Waals surface area (Å²) >= 11 is 0. The van der Waals surface area contributed by atoms with E-state index in [9.17, 15) is 9.59 Å². The van der Waals surface area contributed by atoms with Crippen molar-refractivity contribution in [3.63, 3.8) is 0 Å². The van der Waals surface area contributed by atoms with Crippen LogP contribution < -0.4 is 10.1 Å². The summed E-state index contributed by atoms with van der Waals surface area (Å²) in [6, 6.07) is 3.75. The number of carbonyl (C=O) groups excluding carboxylic acids is 2. The first-order chi connectivity index (χ1) is 11.7. The van der Waals surface area contributed by atoms with Gasteiger partial charge in [-0.3, -0.25) is 9.59 Å². The number of aromatic nitrogens is 1. The highest BCUT2D eigenvalue weighted by Gasteiger charge is 2.35. The highest BCUT2D eigenvalue weighted by Crippen LogP contribution is 2.32. The summed E-state index contributed by atoms with van der Waals surface area (Å²) in [5.74, 6) is 1.16. The third-order valence-electron chi connectivity index (χ3n) is 4.69. The first kappa shape index (κ1) is 16.7. The molecule has 2 aliphatic rings. The van der Waals surface area contributed by atoms with Crippen LogP contribution in [0, 0.1) is 11.8 Å². The molecule has 2 fully saturated rings. The number of amides is 2. The second kappa shape index (κ2) is 7.64. The van der Waals surface area contributed by atoms with Crippen LogP contribution in [0.4, 0.5) is 0 Å². The van der Waals surface area contributed by atoms with E-state index in [1.807, 2.05) is 24.0 Å². The fourth-order valence-electron chi connectivity index (χ4n) is 3.10. The minimum absolute atomic E-state index is 0.0135. The molecule has 0 bridgehead atoms. The number of rotatable bonds is 6. The maximum Gasteiger partial charge on any atom is 0.225 e. The summed E-state index contributed by atoms with van der Waals surface area (Å²) < 4.78 is 5.48. The van der Waals surface area contributed by atoms with Gasteiger partial charge >= 0.3 is 0 Å². The first-order valence-electron chi connectivity index (χ1n) is 8.82. The Balaban J connectivity index is 1.47. The van der Waals surface area contributed by atoms with Crippen molar-refractivity contribution in [1.82, 2.24) is 15.2 Å². The minimum Gasteiger partial charge on any atom is -0.478 e. The predicted octanol–water partition coefficient (Wildman–Crippen LogP) is 1.75. The quantitative estimate of drug-likeness (QED) is 0.862. The van der Waals surface area contributed by atoms with Gasteiger partial charge in [0.05, 0.1) is 6.61 Å². The minimum atomic E-state index is -0.0135. The molecule has 2 heterocycles. The van der Waals surface area contributed by atoms with Crippen molar-refractivity contribution in [3.8, 4) is 5.88 Å². The van der Waals surface area contributed by atoms with Crippen molar-refractivity contribution in [1.29, 1.82) is 0 Å². The fraction of sp³-hybridized carbons (Fsp3) is 0.611. The second-order valence-electron chi connectivity index (χ2n) is 6.49. The summed E-state index contributed by atoms with van der Waals surface area (Å²) in [5, 5.41) is 2.98. The number of carbonyl (C=O) groups is 2. The van der Waals surface area contributed by atoms with Crippen LogP contribution in [0.5, 0.6) is 5.88 Å². The lowest BCUT2D eigenvalue weighted by atomic mass is 9.95. The maximum absolute atomic E-state index is 12.4. The molecule has 1 N–H and O–H groups in total. The van der Waals surface area contributed by atoms with Gasteiger partial charge < -0.3 is 15.0 Å². The molecule has 0 spiro atoms. The second-order valence-corrected chi connectivity index (χ2v) is 6.49. The number of piperidine rings is 1. The van der Waals surface area contributed by atoms with E-state index in [0.717, 1.165) is 31.2 Å². The van der Waals surface area contributed by atoms with Crippen LogP contribution in [0.2, 0.25) is 0 Å². The Bertz CT molecular complexity index is 593. The topological polar surface area (TPSA) is 71.5 Å². The molecule has 24 heavy (non-hydrogen) atoms. The van der Waals surface area contributed by atoms with Crippen molar-refractivity contribution in [3.05, 3.63) is 23.9 Å². The van der Waals surface area contributed by atoms with Gasteiger partial charge in [-0.25, -0.2) is 4.98 Å². The molecule has 2 amide bonds. The zero-order chi connectivity index (χ0) is 16.9. The van der Waals surface area contributed by atoms with Crippen LogP contribution in [0.15, 0.2) is 18.3 Å². The van der Waals surface area contributed by atoms with Crippen molar-refractivity contribution >= 4 is 11.8 Å². The average Bonchev–Trinajstić information content (AvgIpc) is 3.45. The van der Waals surface area contributed by atoms with E-state index >= 15 is 0 Å². The lowest BCUT2D eigenvalue weighted by Crippen LogP contribution is -2.43. The zero-order valence-electron chi connectivity index (χ0n) is 14.2. The third kappa shape index (κ3) is 4.04. The van der Waals surface area contributed by atoms with E-state index in [-0.39, 0.29) is 23.7 Å². The van der Waals surface area contributed by atoms with Gasteiger partial charge in [-0.2, -0.15) is 0 Å². The molecular weight excluding hydrogens is 306 g/mol. The van der Waals surface area contributed by atoms with Gasteiger partial charge in [0.2, 0.25) is 17.7 Å². The highest BCUT2D eigenvalue weighted by atomic mass is 16.5. The molecule has 0 radical (unpaired) electrons. The lowest BCUT2D eigenvalue weighted by Gasteiger charge is -2.31. The molecule has 1 aliphatic carbocycles. The number of hydrogen-bond donors (Lipinski definition) is 1. The Morgan fingerprint density at radius 1 is 1.25 bits per heavy atom. The van der Waals surface area contributed by atoms with E-state index in [0.29, 0.717) is 32.1 Å².